The fraction of sp³-hybridized carbons (Fsp3) is 0.500. The van der Waals surface area contributed by atoms with Gasteiger partial charge in [0.15, 0.2) is 0 Å². The second-order valence-electron chi connectivity index (χ2n) is 3.52. The van der Waals surface area contributed by atoms with E-state index in [0.717, 1.165) is 5.69 Å². The molecule has 0 atom stereocenters. The Labute approximate surface area is 89.3 Å². The average molecular weight is 208 g/mol. The Morgan fingerprint density at radius 3 is 2.73 bits per heavy atom. The van der Waals surface area contributed by atoms with Crippen LogP contribution in [-0.2, 0) is 11.3 Å². The van der Waals surface area contributed by atoms with Crippen LogP contribution in [-0.4, -0.2) is 33.4 Å². The molecule has 15 heavy (non-hydrogen) atoms. The smallest absolute Gasteiger partial charge is 0.236 e. The van der Waals surface area contributed by atoms with E-state index >= 15 is 0 Å². The molecule has 0 aromatic carbocycles. The molecule has 0 aliphatic heterocycles. The Morgan fingerprint density at radius 2 is 2.27 bits per heavy atom. The van der Waals surface area contributed by atoms with Crippen molar-refractivity contribution in [1.82, 2.24) is 14.9 Å². The Balaban J connectivity index is 2.72. The summed E-state index contributed by atoms with van der Waals surface area (Å²) in [5, 5.41) is 0. The lowest BCUT2D eigenvalue weighted by Gasteiger charge is -2.25. The molecule has 5 nitrogen and oxygen atoms in total. The molecule has 1 aromatic heterocycles. The average Bonchev–Trinajstić information content (AvgIpc) is 2.26. The molecule has 0 aliphatic rings. The fourth-order valence-electron chi connectivity index (χ4n) is 1.26. The predicted octanol–water partition coefficient (Wildman–Crippen LogP) is 0.172. The largest absolute Gasteiger partial charge is 0.333 e. The molecule has 1 rings (SSSR count). The van der Waals surface area contributed by atoms with Crippen LogP contribution in [0.1, 0.15) is 19.5 Å². The number of nitrogens with zero attached hydrogens (tertiary/aromatic N) is 3. The maximum atomic E-state index is 11.5. The van der Waals surface area contributed by atoms with Crippen LogP contribution in [0.4, 0.5) is 0 Å². The van der Waals surface area contributed by atoms with E-state index in [4.69, 9.17) is 5.73 Å². The summed E-state index contributed by atoms with van der Waals surface area (Å²) in [6.07, 6.45) is 4.87. The highest BCUT2D eigenvalue weighted by atomic mass is 16.2. The molecular weight excluding hydrogens is 192 g/mol. The zero-order chi connectivity index (χ0) is 11.3. The van der Waals surface area contributed by atoms with Gasteiger partial charge in [0.2, 0.25) is 5.91 Å². The highest BCUT2D eigenvalue weighted by Crippen LogP contribution is 2.04. The minimum atomic E-state index is -0.0735. The van der Waals surface area contributed by atoms with E-state index in [2.05, 4.69) is 9.97 Å². The zero-order valence-corrected chi connectivity index (χ0v) is 9.05. The van der Waals surface area contributed by atoms with Gasteiger partial charge in [-0.3, -0.25) is 14.8 Å². The number of carbonyl (C=O) groups excluding carboxylic acids is 1. The summed E-state index contributed by atoms with van der Waals surface area (Å²) in [6.45, 7) is 4.38. The molecule has 0 aliphatic carbocycles. The summed E-state index contributed by atoms with van der Waals surface area (Å²) in [7, 11) is 0. The standard InChI is InChI=1S/C10H16N4O/c1-8(2)14(10(15)5-11)7-9-6-12-3-4-13-9/h3-4,6,8H,5,7,11H2,1-2H3. The van der Waals surface area contributed by atoms with Gasteiger partial charge < -0.3 is 10.6 Å². The molecule has 0 fully saturated rings. The molecule has 0 saturated heterocycles. The van der Waals surface area contributed by atoms with Crippen LogP contribution in [0, 0.1) is 0 Å². The lowest BCUT2D eigenvalue weighted by molar-refractivity contribution is -0.132. The monoisotopic (exact) mass is 208 g/mol. The third kappa shape index (κ3) is 3.28. The Hall–Kier alpha value is -1.49. The van der Waals surface area contributed by atoms with Gasteiger partial charge in [0.05, 0.1) is 25.0 Å². The highest BCUT2D eigenvalue weighted by molar-refractivity contribution is 5.78. The van der Waals surface area contributed by atoms with Crippen molar-refractivity contribution >= 4 is 5.91 Å². The molecule has 0 spiro atoms. The number of nitrogens with two attached hydrogens (primary N) is 1. The van der Waals surface area contributed by atoms with Gasteiger partial charge >= 0.3 is 0 Å². The second kappa shape index (κ2) is 5.41. The highest BCUT2D eigenvalue weighted by Gasteiger charge is 2.15. The van der Waals surface area contributed by atoms with Gasteiger partial charge in [-0.1, -0.05) is 0 Å². The van der Waals surface area contributed by atoms with Crippen LogP contribution in [0.25, 0.3) is 0 Å². The number of hydrogen-bond acceptors (Lipinski definition) is 4. The number of amides is 1. The molecule has 0 radical (unpaired) electrons. The number of rotatable bonds is 4. The first-order chi connectivity index (χ1) is 7.15. The molecule has 0 unspecified atom stereocenters. The van der Waals surface area contributed by atoms with E-state index in [9.17, 15) is 4.79 Å². The van der Waals surface area contributed by atoms with E-state index < -0.39 is 0 Å². The van der Waals surface area contributed by atoms with Crippen molar-refractivity contribution < 1.29 is 4.79 Å². The normalized spacial score (nSPS) is 10.4. The van der Waals surface area contributed by atoms with Crippen LogP contribution in [0.5, 0.6) is 0 Å². The lowest BCUT2D eigenvalue weighted by atomic mass is 10.3. The second-order valence-corrected chi connectivity index (χ2v) is 3.52. The first kappa shape index (κ1) is 11.6. The minimum Gasteiger partial charge on any atom is -0.333 e. The van der Waals surface area contributed by atoms with Crippen LogP contribution < -0.4 is 5.73 Å². The number of aromatic nitrogens is 2. The predicted molar refractivity (Wildman–Crippen MR) is 56.8 cm³/mol. The molecule has 0 saturated carbocycles. The van der Waals surface area contributed by atoms with Crippen molar-refractivity contribution in [3.63, 3.8) is 0 Å². The molecule has 82 valence electrons. The third-order valence-electron chi connectivity index (χ3n) is 2.07. The van der Waals surface area contributed by atoms with E-state index in [1.807, 2.05) is 13.8 Å². The van der Waals surface area contributed by atoms with Crippen LogP contribution >= 0.6 is 0 Å². The van der Waals surface area contributed by atoms with Gasteiger partial charge in [0, 0.05) is 18.4 Å². The summed E-state index contributed by atoms with van der Waals surface area (Å²) in [5.74, 6) is -0.0735. The van der Waals surface area contributed by atoms with E-state index in [-0.39, 0.29) is 18.5 Å². The molecule has 5 heteroatoms. The maximum absolute atomic E-state index is 11.5. The molecule has 2 N–H and O–H groups in total. The molecular formula is C10H16N4O. The Morgan fingerprint density at radius 1 is 1.53 bits per heavy atom. The van der Waals surface area contributed by atoms with Gasteiger partial charge in [0.1, 0.15) is 0 Å². The van der Waals surface area contributed by atoms with Crippen LogP contribution in [0.3, 0.4) is 0 Å². The quantitative estimate of drug-likeness (QED) is 0.765. The Bertz CT molecular complexity index is 312. The lowest BCUT2D eigenvalue weighted by Crippen LogP contribution is -2.40. The minimum absolute atomic E-state index is 0.0262. The summed E-state index contributed by atoms with van der Waals surface area (Å²) in [4.78, 5) is 21.3. The molecule has 1 heterocycles. The van der Waals surface area contributed by atoms with Crippen molar-refractivity contribution in [2.45, 2.75) is 26.4 Å². The number of hydrogen-bond donors (Lipinski definition) is 1. The molecule has 0 bridgehead atoms. The molecule has 1 aromatic rings. The maximum Gasteiger partial charge on any atom is 0.236 e. The number of carbonyl (C=O) groups is 1. The van der Waals surface area contributed by atoms with Crippen molar-refractivity contribution in [2.75, 3.05) is 6.54 Å². The van der Waals surface area contributed by atoms with Crippen molar-refractivity contribution in [1.29, 1.82) is 0 Å². The van der Waals surface area contributed by atoms with Crippen molar-refractivity contribution in [3.8, 4) is 0 Å². The molecule has 1 amide bonds. The third-order valence-corrected chi connectivity index (χ3v) is 2.07. The SMILES string of the molecule is CC(C)N(Cc1cnccn1)C(=O)CN. The van der Waals surface area contributed by atoms with Gasteiger partial charge in [-0.05, 0) is 13.8 Å². The van der Waals surface area contributed by atoms with E-state index in [1.54, 1.807) is 23.5 Å². The fourth-order valence-corrected chi connectivity index (χ4v) is 1.26. The van der Waals surface area contributed by atoms with Gasteiger partial charge in [-0.2, -0.15) is 0 Å². The summed E-state index contributed by atoms with van der Waals surface area (Å²) < 4.78 is 0. The van der Waals surface area contributed by atoms with Gasteiger partial charge in [-0.25, -0.2) is 0 Å². The summed E-state index contributed by atoms with van der Waals surface area (Å²) >= 11 is 0. The van der Waals surface area contributed by atoms with Crippen LogP contribution in [0.2, 0.25) is 0 Å². The zero-order valence-electron chi connectivity index (χ0n) is 9.05. The topological polar surface area (TPSA) is 72.1 Å². The Kier molecular flexibility index (Phi) is 4.17. The first-order valence-corrected chi connectivity index (χ1v) is 4.89. The van der Waals surface area contributed by atoms with Crippen LogP contribution in [0.15, 0.2) is 18.6 Å². The summed E-state index contributed by atoms with van der Waals surface area (Å²) in [6, 6.07) is 0.114. The van der Waals surface area contributed by atoms with Crippen molar-refractivity contribution in [3.05, 3.63) is 24.3 Å². The van der Waals surface area contributed by atoms with Gasteiger partial charge in [-0.15, -0.1) is 0 Å². The first-order valence-electron chi connectivity index (χ1n) is 4.89. The van der Waals surface area contributed by atoms with E-state index in [0.29, 0.717) is 6.54 Å². The van der Waals surface area contributed by atoms with E-state index in [1.165, 1.54) is 0 Å². The summed E-state index contributed by atoms with van der Waals surface area (Å²) in [5.41, 5.74) is 6.11. The van der Waals surface area contributed by atoms with Gasteiger partial charge in [0.25, 0.3) is 0 Å². The van der Waals surface area contributed by atoms with Crippen molar-refractivity contribution in [2.24, 2.45) is 5.73 Å².